The maximum Gasteiger partial charge on any atom is 0.239 e. The smallest absolute Gasteiger partial charge is 0.239 e. The van der Waals surface area contributed by atoms with E-state index >= 15 is 0 Å². The van der Waals surface area contributed by atoms with E-state index in [1.54, 1.807) is 6.92 Å². The van der Waals surface area contributed by atoms with E-state index in [4.69, 9.17) is 0 Å². The summed E-state index contributed by atoms with van der Waals surface area (Å²) < 4.78 is 1.85. The molecule has 2 heterocycles. The number of nitrogens with one attached hydrogen (secondary N) is 3. The van der Waals surface area contributed by atoms with Crippen LogP contribution in [0.1, 0.15) is 5.82 Å². The van der Waals surface area contributed by atoms with Crippen LogP contribution in [0.2, 0.25) is 0 Å². The molecule has 1 aromatic carbocycles. The first-order chi connectivity index (χ1) is 11.5. The SMILES string of the molecule is CNc1cc(NC)c(-c2cn(C)c3c(O)nc(C)nc23)c(NC)c1. The zero-order chi connectivity index (χ0) is 17.4. The average molecular weight is 326 g/mol. The van der Waals surface area contributed by atoms with E-state index in [9.17, 15) is 5.11 Å². The quantitative estimate of drug-likeness (QED) is 0.590. The van der Waals surface area contributed by atoms with Crippen LogP contribution in [0.15, 0.2) is 18.3 Å². The summed E-state index contributed by atoms with van der Waals surface area (Å²) in [6.45, 7) is 1.78. The second-order valence-corrected chi connectivity index (χ2v) is 5.64. The van der Waals surface area contributed by atoms with Gasteiger partial charge in [-0.25, -0.2) is 4.98 Å². The van der Waals surface area contributed by atoms with Gasteiger partial charge in [0.2, 0.25) is 5.88 Å². The number of hydrogen-bond acceptors (Lipinski definition) is 6. The first-order valence-corrected chi connectivity index (χ1v) is 7.74. The van der Waals surface area contributed by atoms with Gasteiger partial charge in [-0.05, 0) is 19.1 Å². The maximum absolute atomic E-state index is 10.2. The van der Waals surface area contributed by atoms with Crippen molar-refractivity contribution in [2.75, 3.05) is 37.1 Å². The lowest BCUT2D eigenvalue weighted by molar-refractivity contribution is 0.455. The molecule has 126 valence electrons. The number of fused-ring (bicyclic) bond motifs is 1. The lowest BCUT2D eigenvalue weighted by atomic mass is 10.0. The van der Waals surface area contributed by atoms with Crippen LogP contribution in [0.3, 0.4) is 0 Å². The van der Waals surface area contributed by atoms with Gasteiger partial charge in [-0.1, -0.05) is 0 Å². The molecule has 0 unspecified atom stereocenters. The number of rotatable bonds is 4. The Morgan fingerprint density at radius 1 is 1.00 bits per heavy atom. The third-order valence-corrected chi connectivity index (χ3v) is 4.14. The Morgan fingerprint density at radius 2 is 1.62 bits per heavy atom. The first-order valence-electron chi connectivity index (χ1n) is 7.74. The summed E-state index contributed by atoms with van der Waals surface area (Å²) in [5.74, 6) is 0.534. The van der Waals surface area contributed by atoms with Gasteiger partial charge in [0.05, 0.1) is 0 Å². The Balaban J connectivity index is 2.40. The van der Waals surface area contributed by atoms with Crippen LogP contribution >= 0.6 is 0 Å². The predicted octanol–water partition coefficient (Wildman–Crippen LogP) is 2.77. The number of aryl methyl sites for hydroxylation is 2. The molecule has 3 rings (SSSR count). The summed E-state index contributed by atoms with van der Waals surface area (Å²) >= 11 is 0. The number of aromatic nitrogens is 3. The normalized spacial score (nSPS) is 10.9. The largest absolute Gasteiger partial charge is 0.492 e. The minimum atomic E-state index is -0.00453. The fraction of sp³-hybridized carbons (Fsp3) is 0.294. The molecule has 7 nitrogen and oxygen atoms in total. The molecule has 0 spiro atoms. The molecule has 0 saturated heterocycles. The van der Waals surface area contributed by atoms with Crippen LogP contribution in [-0.4, -0.2) is 40.8 Å². The second-order valence-electron chi connectivity index (χ2n) is 5.64. The minimum Gasteiger partial charge on any atom is -0.492 e. The Morgan fingerprint density at radius 3 is 2.17 bits per heavy atom. The molecule has 7 heteroatoms. The molecule has 0 aliphatic carbocycles. The Bertz CT molecular complexity index is 890. The zero-order valence-electron chi connectivity index (χ0n) is 14.5. The van der Waals surface area contributed by atoms with Gasteiger partial charge in [-0.15, -0.1) is 0 Å². The molecule has 3 aromatic rings. The highest BCUT2D eigenvalue weighted by Crippen LogP contribution is 2.42. The van der Waals surface area contributed by atoms with Crippen molar-refractivity contribution in [3.8, 4) is 17.0 Å². The molecule has 24 heavy (non-hydrogen) atoms. The van der Waals surface area contributed by atoms with E-state index in [2.05, 4.69) is 25.9 Å². The second kappa shape index (κ2) is 5.92. The van der Waals surface area contributed by atoms with Crippen molar-refractivity contribution in [1.29, 1.82) is 0 Å². The van der Waals surface area contributed by atoms with Gasteiger partial charge in [0, 0.05) is 62.6 Å². The number of hydrogen-bond donors (Lipinski definition) is 4. The number of anilines is 3. The van der Waals surface area contributed by atoms with Gasteiger partial charge >= 0.3 is 0 Å². The molecule has 0 atom stereocenters. The molecule has 0 aliphatic rings. The minimum absolute atomic E-state index is 0.00453. The summed E-state index contributed by atoms with van der Waals surface area (Å²) in [5, 5.41) is 19.9. The molecule has 0 bridgehead atoms. The van der Waals surface area contributed by atoms with Crippen LogP contribution in [0.4, 0.5) is 17.1 Å². The summed E-state index contributed by atoms with van der Waals surface area (Å²) in [7, 11) is 7.55. The Hall–Kier alpha value is -2.96. The number of nitrogens with zero attached hydrogens (tertiary/aromatic N) is 3. The molecule has 0 saturated carbocycles. The molecule has 0 radical (unpaired) electrons. The highest BCUT2D eigenvalue weighted by Gasteiger charge is 2.20. The molecule has 0 aliphatic heterocycles. The molecule has 4 N–H and O–H groups in total. The van der Waals surface area contributed by atoms with Crippen molar-refractivity contribution in [3.05, 3.63) is 24.2 Å². The van der Waals surface area contributed by atoms with Crippen LogP contribution in [-0.2, 0) is 7.05 Å². The lowest BCUT2D eigenvalue weighted by Crippen LogP contribution is -2.01. The van der Waals surface area contributed by atoms with Gasteiger partial charge in [0.25, 0.3) is 0 Å². The monoisotopic (exact) mass is 326 g/mol. The van der Waals surface area contributed by atoms with E-state index in [-0.39, 0.29) is 5.88 Å². The third kappa shape index (κ3) is 2.38. The Labute approximate surface area is 140 Å². The fourth-order valence-electron chi connectivity index (χ4n) is 3.04. The molecule has 0 fully saturated rings. The summed E-state index contributed by atoms with van der Waals surface area (Å²) in [6, 6.07) is 4.09. The zero-order valence-corrected chi connectivity index (χ0v) is 14.5. The van der Waals surface area contributed by atoms with E-state index in [0.29, 0.717) is 11.3 Å². The van der Waals surface area contributed by atoms with Crippen molar-refractivity contribution >= 4 is 28.1 Å². The van der Waals surface area contributed by atoms with Gasteiger partial charge in [-0.2, -0.15) is 4.98 Å². The van der Waals surface area contributed by atoms with Crippen molar-refractivity contribution in [1.82, 2.24) is 14.5 Å². The average Bonchev–Trinajstić information content (AvgIpc) is 2.89. The highest BCUT2D eigenvalue weighted by molar-refractivity contribution is 6.03. The summed E-state index contributed by atoms with van der Waals surface area (Å²) in [6.07, 6.45) is 1.97. The number of benzene rings is 1. The van der Waals surface area contributed by atoms with Crippen molar-refractivity contribution in [3.63, 3.8) is 0 Å². The summed E-state index contributed by atoms with van der Waals surface area (Å²) in [4.78, 5) is 8.63. The highest BCUT2D eigenvalue weighted by atomic mass is 16.3. The maximum atomic E-state index is 10.2. The van der Waals surface area contributed by atoms with Gasteiger partial charge in [0.1, 0.15) is 16.9 Å². The number of aromatic hydroxyl groups is 1. The lowest BCUT2D eigenvalue weighted by Gasteiger charge is -2.16. The van der Waals surface area contributed by atoms with Crippen molar-refractivity contribution < 1.29 is 5.11 Å². The van der Waals surface area contributed by atoms with Crippen LogP contribution < -0.4 is 16.0 Å². The van der Waals surface area contributed by atoms with Crippen LogP contribution in [0.5, 0.6) is 5.88 Å². The van der Waals surface area contributed by atoms with Gasteiger partial charge < -0.3 is 25.6 Å². The fourth-order valence-corrected chi connectivity index (χ4v) is 3.04. The Kier molecular flexibility index (Phi) is 3.92. The third-order valence-electron chi connectivity index (χ3n) is 4.14. The molecule has 0 amide bonds. The molecule has 2 aromatic heterocycles. The topological polar surface area (TPSA) is 87.0 Å². The molecular weight excluding hydrogens is 304 g/mol. The first kappa shape index (κ1) is 15.9. The standard InChI is InChI=1S/C17H22N6O/c1-9-21-15-11(8-23(5)16(15)17(24)22-9)14-12(19-3)6-10(18-2)7-13(14)20-4/h6-8,18-20H,1-5H3,(H,21,22,24). The van der Waals surface area contributed by atoms with Crippen molar-refractivity contribution in [2.24, 2.45) is 7.05 Å². The van der Waals surface area contributed by atoms with E-state index in [1.165, 1.54) is 0 Å². The van der Waals surface area contributed by atoms with Crippen LogP contribution in [0.25, 0.3) is 22.2 Å². The summed E-state index contributed by atoms with van der Waals surface area (Å²) in [5.41, 5.74) is 6.22. The van der Waals surface area contributed by atoms with Gasteiger partial charge in [-0.3, -0.25) is 0 Å². The van der Waals surface area contributed by atoms with Gasteiger partial charge in [0.15, 0.2) is 0 Å². The van der Waals surface area contributed by atoms with E-state index in [1.807, 2.05) is 51.1 Å². The van der Waals surface area contributed by atoms with Crippen molar-refractivity contribution in [2.45, 2.75) is 6.92 Å². The van der Waals surface area contributed by atoms with Crippen LogP contribution in [0, 0.1) is 6.92 Å². The predicted molar refractivity (Wildman–Crippen MR) is 99.0 cm³/mol. The van der Waals surface area contributed by atoms with E-state index < -0.39 is 0 Å². The van der Waals surface area contributed by atoms with E-state index in [0.717, 1.165) is 33.7 Å². The molecular formula is C17H22N6O.